The second kappa shape index (κ2) is 6.54. The van der Waals surface area contributed by atoms with Crippen molar-refractivity contribution in [3.05, 3.63) is 34.4 Å². The molecular formula is C20H33NO2. The summed E-state index contributed by atoms with van der Waals surface area (Å²) >= 11 is 0. The normalized spacial score (nSPS) is 21.6. The molecule has 0 heterocycles. The van der Waals surface area contributed by atoms with Crippen LogP contribution in [-0.2, 0) is 10.8 Å². The highest BCUT2D eigenvalue weighted by molar-refractivity contribution is 5.47. The van der Waals surface area contributed by atoms with Gasteiger partial charge in [-0.1, -0.05) is 39.8 Å². The summed E-state index contributed by atoms with van der Waals surface area (Å²) in [6.07, 6.45) is 1.31. The van der Waals surface area contributed by atoms with Crippen LogP contribution in [0.3, 0.4) is 0 Å². The van der Waals surface area contributed by atoms with E-state index in [4.69, 9.17) is 0 Å². The van der Waals surface area contributed by atoms with Crippen LogP contribution in [-0.4, -0.2) is 29.9 Å². The quantitative estimate of drug-likeness (QED) is 0.780. The summed E-state index contributed by atoms with van der Waals surface area (Å²) in [6, 6.07) is 4.39. The van der Waals surface area contributed by atoms with Gasteiger partial charge in [-0.05, 0) is 72.9 Å². The van der Waals surface area contributed by atoms with Gasteiger partial charge >= 0.3 is 0 Å². The number of rotatable bonds is 5. The lowest BCUT2D eigenvalue weighted by Crippen LogP contribution is -2.34. The van der Waals surface area contributed by atoms with Crippen LogP contribution in [0.4, 0.5) is 0 Å². The molecule has 2 rings (SSSR count). The van der Waals surface area contributed by atoms with Gasteiger partial charge in [0.05, 0.1) is 6.10 Å². The summed E-state index contributed by atoms with van der Waals surface area (Å²) in [5.74, 6) is 0. The van der Waals surface area contributed by atoms with Gasteiger partial charge in [0.1, 0.15) is 6.10 Å². The van der Waals surface area contributed by atoms with Gasteiger partial charge in [0.15, 0.2) is 0 Å². The van der Waals surface area contributed by atoms with E-state index >= 15 is 0 Å². The van der Waals surface area contributed by atoms with Crippen LogP contribution < -0.4 is 5.32 Å². The van der Waals surface area contributed by atoms with E-state index in [1.807, 2.05) is 14.0 Å². The first-order chi connectivity index (χ1) is 10.6. The van der Waals surface area contributed by atoms with Crippen molar-refractivity contribution in [2.24, 2.45) is 0 Å². The highest BCUT2D eigenvalue weighted by atomic mass is 16.3. The zero-order chi connectivity index (χ0) is 17.4. The van der Waals surface area contributed by atoms with Crippen LogP contribution in [0.5, 0.6) is 0 Å². The lowest BCUT2D eigenvalue weighted by atomic mass is 9.62. The summed E-state index contributed by atoms with van der Waals surface area (Å²) in [5, 5.41) is 23.9. The summed E-state index contributed by atoms with van der Waals surface area (Å²) in [4.78, 5) is 0. The lowest BCUT2D eigenvalue weighted by Gasteiger charge is -2.42. The highest BCUT2D eigenvalue weighted by Crippen LogP contribution is 2.47. The fourth-order valence-electron chi connectivity index (χ4n) is 3.71. The number of aliphatic hydroxyl groups is 2. The molecule has 0 radical (unpaired) electrons. The van der Waals surface area contributed by atoms with Gasteiger partial charge in [-0.15, -0.1) is 0 Å². The fraction of sp³-hybridized carbons (Fsp3) is 0.700. The van der Waals surface area contributed by atoms with E-state index in [1.165, 1.54) is 17.5 Å². The van der Waals surface area contributed by atoms with E-state index in [1.54, 1.807) is 0 Å². The van der Waals surface area contributed by atoms with Crippen LogP contribution in [0.15, 0.2) is 12.1 Å². The molecular weight excluding hydrogens is 286 g/mol. The smallest absolute Gasteiger partial charge is 0.105 e. The third-order valence-electron chi connectivity index (χ3n) is 5.61. The molecule has 0 bridgehead atoms. The number of benzene rings is 1. The molecule has 0 saturated carbocycles. The maximum atomic E-state index is 10.6. The summed E-state index contributed by atoms with van der Waals surface area (Å²) in [5.41, 5.74) is 4.96. The summed E-state index contributed by atoms with van der Waals surface area (Å²) in [6.45, 7) is 11.9. The molecule has 2 unspecified atom stereocenters. The number of fused-ring (bicyclic) bond motifs is 1. The fourth-order valence-corrected chi connectivity index (χ4v) is 3.71. The number of nitrogens with one attached hydrogen (secondary N) is 1. The molecule has 0 aromatic heterocycles. The molecule has 0 saturated heterocycles. The largest absolute Gasteiger partial charge is 0.390 e. The Kier molecular flexibility index (Phi) is 5.24. The van der Waals surface area contributed by atoms with E-state index in [0.717, 1.165) is 17.5 Å². The van der Waals surface area contributed by atoms with Gasteiger partial charge in [-0.2, -0.15) is 0 Å². The zero-order valence-electron chi connectivity index (χ0n) is 15.5. The molecule has 2 atom stereocenters. The van der Waals surface area contributed by atoms with Crippen LogP contribution in [0.1, 0.15) is 75.3 Å². The Balaban J connectivity index is 2.44. The molecule has 23 heavy (non-hydrogen) atoms. The maximum absolute atomic E-state index is 10.6. The molecule has 0 fully saturated rings. The predicted molar refractivity (Wildman–Crippen MR) is 96.0 cm³/mol. The van der Waals surface area contributed by atoms with Gasteiger partial charge in [-0.3, -0.25) is 0 Å². The Morgan fingerprint density at radius 1 is 1.04 bits per heavy atom. The summed E-state index contributed by atoms with van der Waals surface area (Å²) < 4.78 is 0. The second-order valence-electron chi connectivity index (χ2n) is 8.43. The van der Waals surface area contributed by atoms with Gasteiger partial charge in [0.25, 0.3) is 0 Å². The number of hydrogen-bond donors (Lipinski definition) is 3. The molecule has 3 nitrogen and oxygen atoms in total. The highest BCUT2D eigenvalue weighted by Gasteiger charge is 2.38. The van der Waals surface area contributed by atoms with Gasteiger partial charge < -0.3 is 15.5 Å². The Bertz CT molecular complexity index is 563. The molecule has 3 N–H and O–H groups in total. The second-order valence-corrected chi connectivity index (χ2v) is 8.43. The minimum absolute atomic E-state index is 0.114. The number of aryl methyl sites for hydroxylation is 1. The van der Waals surface area contributed by atoms with Crippen molar-refractivity contribution in [1.82, 2.24) is 5.32 Å². The predicted octanol–water partition coefficient (Wildman–Crippen LogP) is 3.35. The average molecular weight is 319 g/mol. The zero-order valence-corrected chi connectivity index (χ0v) is 15.5. The van der Waals surface area contributed by atoms with E-state index in [0.29, 0.717) is 13.0 Å². The van der Waals surface area contributed by atoms with E-state index in [2.05, 4.69) is 45.1 Å². The van der Waals surface area contributed by atoms with E-state index < -0.39 is 12.2 Å². The first-order valence-electron chi connectivity index (χ1n) is 8.76. The molecule has 0 aliphatic heterocycles. The maximum Gasteiger partial charge on any atom is 0.105 e. The van der Waals surface area contributed by atoms with Gasteiger partial charge in [0, 0.05) is 0 Å². The molecule has 0 spiro atoms. The third kappa shape index (κ3) is 3.62. The number of hydrogen-bond acceptors (Lipinski definition) is 3. The standard InChI is InChI=1S/C20H33NO2/c1-13-11-15-16(20(4,5)9-8-19(15,2)3)12-14(13)18(23)17(22)7-10-21-6/h11-12,17-18,21-23H,7-10H2,1-6H3. The SMILES string of the molecule is CNCCC(O)C(O)c1cc2c(cc1C)C(C)(C)CCC2(C)C. The monoisotopic (exact) mass is 319 g/mol. The van der Waals surface area contributed by atoms with Crippen molar-refractivity contribution in [2.45, 2.75) is 76.9 Å². The Morgan fingerprint density at radius 3 is 2.09 bits per heavy atom. The summed E-state index contributed by atoms with van der Waals surface area (Å²) in [7, 11) is 1.86. The number of aliphatic hydroxyl groups excluding tert-OH is 2. The van der Waals surface area contributed by atoms with Crippen molar-refractivity contribution < 1.29 is 10.2 Å². The van der Waals surface area contributed by atoms with Crippen molar-refractivity contribution in [2.75, 3.05) is 13.6 Å². The Hall–Kier alpha value is -0.900. The average Bonchev–Trinajstić information content (AvgIpc) is 2.48. The first kappa shape index (κ1) is 18.4. The van der Waals surface area contributed by atoms with Crippen LogP contribution in [0.25, 0.3) is 0 Å². The van der Waals surface area contributed by atoms with Crippen LogP contribution in [0.2, 0.25) is 0 Å². The third-order valence-corrected chi connectivity index (χ3v) is 5.61. The lowest BCUT2D eigenvalue weighted by molar-refractivity contribution is 0.0135. The minimum Gasteiger partial charge on any atom is -0.390 e. The van der Waals surface area contributed by atoms with Crippen molar-refractivity contribution in [1.29, 1.82) is 0 Å². The molecule has 1 aliphatic carbocycles. The first-order valence-corrected chi connectivity index (χ1v) is 8.76. The van der Waals surface area contributed by atoms with Crippen molar-refractivity contribution in [3.8, 4) is 0 Å². The van der Waals surface area contributed by atoms with E-state index in [9.17, 15) is 10.2 Å². The topological polar surface area (TPSA) is 52.5 Å². The van der Waals surface area contributed by atoms with Crippen molar-refractivity contribution in [3.63, 3.8) is 0 Å². The van der Waals surface area contributed by atoms with Crippen molar-refractivity contribution >= 4 is 0 Å². The molecule has 1 aromatic carbocycles. The van der Waals surface area contributed by atoms with Gasteiger partial charge in [0.2, 0.25) is 0 Å². The molecule has 1 aromatic rings. The van der Waals surface area contributed by atoms with Crippen LogP contribution >= 0.6 is 0 Å². The molecule has 3 heteroatoms. The van der Waals surface area contributed by atoms with Crippen LogP contribution in [0, 0.1) is 6.92 Å². The minimum atomic E-state index is -0.825. The van der Waals surface area contributed by atoms with Gasteiger partial charge in [-0.25, -0.2) is 0 Å². The molecule has 1 aliphatic rings. The molecule has 130 valence electrons. The Labute approximate surface area is 141 Å². The van der Waals surface area contributed by atoms with E-state index in [-0.39, 0.29) is 10.8 Å². The Morgan fingerprint density at radius 2 is 1.57 bits per heavy atom. The molecule has 0 amide bonds.